The average Bonchev–Trinajstić information content (AvgIpc) is 3.21. The molecule has 2 aromatic heterocycles. The van der Waals surface area contributed by atoms with Gasteiger partial charge in [-0.1, -0.05) is 0 Å². The van der Waals surface area contributed by atoms with Crippen molar-refractivity contribution in [3.05, 3.63) is 46.5 Å². The van der Waals surface area contributed by atoms with Gasteiger partial charge in [0.1, 0.15) is 6.10 Å². The van der Waals surface area contributed by atoms with E-state index in [0.717, 1.165) is 18.3 Å². The minimum atomic E-state index is -1.05. The van der Waals surface area contributed by atoms with Crippen molar-refractivity contribution in [1.82, 2.24) is 24.8 Å². The fraction of sp³-hybridized carbons (Fsp3) is 0.391. The van der Waals surface area contributed by atoms with E-state index in [4.69, 9.17) is 9.47 Å². The van der Waals surface area contributed by atoms with Crippen LogP contribution < -0.4 is 25.8 Å². The van der Waals surface area contributed by atoms with Crippen LogP contribution in [0.1, 0.15) is 19.3 Å². The molecule has 37 heavy (non-hydrogen) atoms. The summed E-state index contributed by atoms with van der Waals surface area (Å²) in [4.78, 5) is 50.4. The molecule has 1 saturated carbocycles. The molecule has 1 saturated heterocycles. The topological polar surface area (TPSA) is 141 Å². The molecule has 2 fully saturated rings. The molecule has 12 nitrogen and oxygen atoms in total. The predicted molar refractivity (Wildman–Crippen MR) is 124 cm³/mol. The third kappa shape index (κ3) is 4.22. The van der Waals surface area contributed by atoms with Gasteiger partial charge in [-0.05, 0) is 12.8 Å². The molecule has 0 spiro atoms. The van der Waals surface area contributed by atoms with Crippen LogP contribution in [0.2, 0.25) is 0 Å². The molecule has 2 aliphatic heterocycles. The number of carbonyl (C=O) groups excluding carboxylic acids is 2. The largest absolute Gasteiger partial charge is 0.478 e. The number of rotatable bonds is 5. The summed E-state index contributed by atoms with van der Waals surface area (Å²) in [5.74, 6) is -1.76. The Morgan fingerprint density at radius 1 is 1.11 bits per heavy atom. The molecule has 14 heteroatoms. The molecule has 3 aliphatic rings. The molecule has 4 heterocycles. The second-order valence-electron chi connectivity index (χ2n) is 9.05. The number of anilines is 2. The molecule has 3 aromatic rings. The summed E-state index contributed by atoms with van der Waals surface area (Å²) >= 11 is 0. The molecular weight excluding hydrogens is 492 g/mol. The molecule has 2 N–H and O–H groups in total. The van der Waals surface area contributed by atoms with Gasteiger partial charge in [-0.15, -0.1) is 0 Å². The van der Waals surface area contributed by atoms with Crippen LogP contribution in [0.5, 0.6) is 5.75 Å². The number of hydrogen-bond acceptors (Lipinski definition) is 9. The Bertz CT molecular complexity index is 1480. The summed E-state index contributed by atoms with van der Waals surface area (Å²) in [6.07, 6.45) is 3.38. The number of nitrogens with zero attached hydrogens (tertiary/aromatic N) is 5. The number of halogens is 2. The number of carbonyl (C=O) groups is 2. The van der Waals surface area contributed by atoms with Crippen molar-refractivity contribution in [3.63, 3.8) is 0 Å². The SMILES string of the molecule is O=C1COc2cnc(N3C(=O)O[C@H]4C[C@@H](NCCn5c(=O)cnc6cc(F)c(F)cc65)CC[C@@H]43)nc2N1. The number of ether oxygens (including phenoxy) is 2. The summed E-state index contributed by atoms with van der Waals surface area (Å²) in [5, 5.41) is 5.97. The van der Waals surface area contributed by atoms with Crippen LogP contribution in [0.15, 0.2) is 29.3 Å². The predicted octanol–water partition coefficient (Wildman–Crippen LogP) is 1.33. The smallest absolute Gasteiger partial charge is 0.417 e. The number of benzene rings is 1. The average molecular weight is 513 g/mol. The summed E-state index contributed by atoms with van der Waals surface area (Å²) in [7, 11) is 0. The van der Waals surface area contributed by atoms with Crippen LogP contribution >= 0.6 is 0 Å². The van der Waals surface area contributed by atoms with Crippen LogP contribution in [0.4, 0.5) is 25.3 Å². The van der Waals surface area contributed by atoms with Crippen LogP contribution in [0, 0.1) is 11.6 Å². The second kappa shape index (κ2) is 9.03. The third-order valence-corrected chi connectivity index (χ3v) is 6.77. The van der Waals surface area contributed by atoms with Gasteiger partial charge in [0.05, 0.1) is 29.5 Å². The Balaban J connectivity index is 1.11. The van der Waals surface area contributed by atoms with Crippen molar-refractivity contribution in [2.24, 2.45) is 0 Å². The maximum absolute atomic E-state index is 13.8. The van der Waals surface area contributed by atoms with Gasteiger partial charge >= 0.3 is 6.09 Å². The molecule has 2 amide bonds. The van der Waals surface area contributed by atoms with E-state index in [1.54, 1.807) is 0 Å². The molecule has 3 atom stereocenters. The second-order valence-corrected chi connectivity index (χ2v) is 9.05. The van der Waals surface area contributed by atoms with E-state index in [2.05, 4.69) is 25.6 Å². The van der Waals surface area contributed by atoms with Crippen molar-refractivity contribution in [2.75, 3.05) is 23.4 Å². The minimum Gasteiger partial charge on any atom is -0.478 e. The van der Waals surface area contributed by atoms with E-state index in [9.17, 15) is 23.2 Å². The van der Waals surface area contributed by atoms with E-state index < -0.39 is 29.4 Å². The van der Waals surface area contributed by atoms with Gasteiger partial charge in [0.25, 0.3) is 11.5 Å². The first-order chi connectivity index (χ1) is 17.9. The van der Waals surface area contributed by atoms with Gasteiger partial charge in [-0.3, -0.25) is 9.59 Å². The zero-order chi connectivity index (χ0) is 25.7. The lowest BCUT2D eigenvalue weighted by molar-refractivity contribution is -0.118. The van der Waals surface area contributed by atoms with E-state index in [0.29, 0.717) is 31.6 Å². The van der Waals surface area contributed by atoms with Crippen LogP contribution in [-0.4, -0.2) is 62.9 Å². The number of nitrogens with one attached hydrogen (secondary N) is 2. The summed E-state index contributed by atoms with van der Waals surface area (Å²) in [6, 6.07) is 1.66. The monoisotopic (exact) mass is 513 g/mol. The summed E-state index contributed by atoms with van der Waals surface area (Å²) in [6.45, 7) is 0.476. The highest BCUT2D eigenvalue weighted by molar-refractivity contribution is 5.95. The number of fused-ring (bicyclic) bond motifs is 3. The lowest BCUT2D eigenvalue weighted by Crippen LogP contribution is -2.47. The fourth-order valence-electron chi connectivity index (χ4n) is 5.03. The van der Waals surface area contributed by atoms with Crippen LogP contribution in [0.25, 0.3) is 11.0 Å². The Hall–Kier alpha value is -4.20. The van der Waals surface area contributed by atoms with E-state index in [1.165, 1.54) is 15.7 Å². The van der Waals surface area contributed by atoms with Crippen molar-refractivity contribution in [3.8, 4) is 5.75 Å². The van der Waals surface area contributed by atoms with E-state index in [1.807, 2.05) is 0 Å². The Labute approximate surface area is 207 Å². The first-order valence-electron chi connectivity index (χ1n) is 11.7. The molecular formula is C23H21F2N7O5. The van der Waals surface area contributed by atoms with Gasteiger partial charge in [0.2, 0.25) is 5.95 Å². The Kier molecular flexibility index (Phi) is 5.67. The highest BCUT2D eigenvalue weighted by Crippen LogP contribution is 2.36. The molecule has 0 radical (unpaired) electrons. The standard InChI is InChI=1S/C23H21F2N7O5/c24-12-6-14-16(7-13(12)25)31(20(34)9-27-14)4-3-26-11-1-2-15-17(5-11)37-23(35)32(15)22-28-8-18-21(30-22)29-19(33)10-36-18/h6-9,11,15,17,26H,1-5,10H2,(H,28,29,30,33)/t11-,15-,17-/m0/s1. The zero-order valence-corrected chi connectivity index (χ0v) is 19.3. The van der Waals surface area contributed by atoms with Crippen molar-refractivity contribution in [2.45, 2.75) is 44.0 Å². The number of hydrogen-bond donors (Lipinski definition) is 2. The molecule has 1 aliphatic carbocycles. The maximum Gasteiger partial charge on any atom is 0.417 e. The van der Waals surface area contributed by atoms with Crippen LogP contribution in [0.3, 0.4) is 0 Å². The van der Waals surface area contributed by atoms with Gasteiger partial charge in [0, 0.05) is 37.7 Å². The first kappa shape index (κ1) is 23.2. The van der Waals surface area contributed by atoms with Gasteiger partial charge in [-0.2, -0.15) is 4.98 Å². The molecule has 192 valence electrons. The number of amides is 2. The normalized spacial score (nSPS) is 22.8. The van der Waals surface area contributed by atoms with Gasteiger partial charge in [-0.25, -0.2) is 28.4 Å². The van der Waals surface area contributed by atoms with Gasteiger partial charge < -0.3 is 24.7 Å². The molecule has 0 unspecified atom stereocenters. The quantitative estimate of drug-likeness (QED) is 0.517. The van der Waals surface area contributed by atoms with E-state index in [-0.39, 0.29) is 53.9 Å². The third-order valence-electron chi connectivity index (χ3n) is 6.77. The van der Waals surface area contributed by atoms with Gasteiger partial charge in [0.15, 0.2) is 29.8 Å². The van der Waals surface area contributed by atoms with Crippen molar-refractivity contribution in [1.29, 1.82) is 0 Å². The summed E-state index contributed by atoms with van der Waals surface area (Å²) in [5.41, 5.74) is -0.0209. The highest BCUT2D eigenvalue weighted by atomic mass is 19.2. The lowest BCUT2D eigenvalue weighted by Gasteiger charge is -2.32. The van der Waals surface area contributed by atoms with Crippen LogP contribution in [-0.2, 0) is 16.1 Å². The Morgan fingerprint density at radius 3 is 2.81 bits per heavy atom. The Morgan fingerprint density at radius 2 is 1.95 bits per heavy atom. The lowest BCUT2D eigenvalue weighted by atomic mass is 9.88. The molecule has 6 rings (SSSR count). The molecule has 1 aromatic carbocycles. The van der Waals surface area contributed by atoms with Crippen molar-refractivity contribution >= 4 is 34.8 Å². The van der Waals surface area contributed by atoms with E-state index >= 15 is 0 Å². The first-order valence-corrected chi connectivity index (χ1v) is 11.7. The van der Waals surface area contributed by atoms with Crippen molar-refractivity contribution < 1.29 is 27.8 Å². The summed E-state index contributed by atoms with van der Waals surface area (Å²) < 4.78 is 39.5. The minimum absolute atomic E-state index is 0.00382. The highest BCUT2D eigenvalue weighted by Gasteiger charge is 2.47. The number of aromatic nitrogens is 4. The molecule has 0 bridgehead atoms. The zero-order valence-electron chi connectivity index (χ0n) is 19.3. The maximum atomic E-state index is 13.8. The fourth-order valence-corrected chi connectivity index (χ4v) is 5.03.